The fourth-order valence-corrected chi connectivity index (χ4v) is 2.66. The van der Waals surface area contributed by atoms with Crippen LogP contribution in [0.5, 0.6) is 0 Å². The molecule has 0 heterocycles. The maximum atomic E-state index is 10.7. The molecule has 0 amide bonds. The van der Waals surface area contributed by atoms with Gasteiger partial charge in [0.25, 0.3) is 0 Å². The molecule has 3 unspecified atom stereocenters. The fourth-order valence-electron chi connectivity index (χ4n) is 2.66. The van der Waals surface area contributed by atoms with E-state index in [1.165, 1.54) is 12.8 Å². The Morgan fingerprint density at radius 2 is 2.07 bits per heavy atom. The third-order valence-corrected chi connectivity index (χ3v) is 3.51. The smallest absolute Gasteiger partial charge is 0.303 e. The average Bonchev–Trinajstić information content (AvgIpc) is 2.49. The van der Waals surface area contributed by atoms with E-state index < -0.39 is 5.97 Å². The molecule has 0 aromatic rings. The highest BCUT2D eigenvalue weighted by atomic mass is 16.4. The Hall–Kier alpha value is -0.570. The molecule has 1 aliphatic carbocycles. The fraction of sp³-hybridized carbons (Fsp3) is 0.917. The van der Waals surface area contributed by atoms with Crippen molar-refractivity contribution in [1.82, 2.24) is 0 Å². The molecule has 3 atom stereocenters. The van der Waals surface area contributed by atoms with Crippen LogP contribution >= 0.6 is 0 Å². The van der Waals surface area contributed by atoms with E-state index in [9.17, 15) is 9.90 Å². The van der Waals surface area contributed by atoms with Crippen molar-refractivity contribution in [1.29, 1.82) is 0 Å². The number of hydrogen-bond donors (Lipinski definition) is 2. The van der Waals surface area contributed by atoms with E-state index in [0.717, 1.165) is 25.7 Å². The first-order valence-electron chi connectivity index (χ1n) is 6.05. The van der Waals surface area contributed by atoms with Gasteiger partial charge in [0, 0.05) is 6.42 Å². The summed E-state index contributed by atoms with van der Waals surface area (Å²) in [5, 5.41) is 18.5. The molecule has 0 saturated heterocycles. The van der Waals surface area contributed by atoms with Gasteiger partial charge in [-0.2, -0.15) is 0 Å². The van der Waals surface area contributed by atoms with E-state index >= 15 is 0 Å². The van der Waals surface area contributed by atoms with Crippen LogP contribution in [0, 0.1) is 11.8 Å². The normalized spacial score (nSPS) is 30.7. The number of aliphatic hydroxyl groups is 1. The molecule has 0 radical (unpaired) electrons. The summed E-state index contributed by atoms with van der Waals surface area (Å²) in [6, 6.07) is 0. The lowest BCUT2D eigenvalue weighted by Crippen LogP contribution is -2.21. The van der Waals surface area contributed by atoms with Gasteiger partial charge in [-0.1, -0.05) is 26.2 Å². The van der Waals surface area contributed by atoms with E-state index in [4.69, 9.17) is 5.11 Å². The van der Waals surface area contributed by atoms with Crippen molar-refractivity contribution in [3.8, 4) is 0 Å². The van der Waals surface area contributed by atoms with Crippen molar-refractivity contribution in [2.75, 3.05) is 0 Å². The highest BCUT2D eigenvalue weighted by Crippen LogP contribution is 2.37. The molecule has 15 heavy (non-hydrogen) atoms. The Labute approximate surface area is 91.5 Å². The van der Waals surface area contributed by atoms with E-state index in [-0.39, 0.29) is 24.4 Å². The Kier molecular flexibility index (Phi) is 5.09. The molecule has 0 aromatic carbocycles. The summed E-state index contributed by atoms with van der Waals surface area (Å²) >= 11 is 0. The quantitative estimate of drug-likeness (QED) is 0.668. The van der Waals surface area contributed by atoms with Gasteiger partial charge in [-0.25, -0.2) is 0 Å². The maximum absolute atomic E-state index is 10.7. The van der Waals surface area contributed by atoms with Gasteiger partial charge in [-0.15, -0.1) is 0 Å². The predicted molar refractivity (Wildman–Crippen MR) is 58.6 cm³/mol. The second kappa shape index (κ2) is 6.11. The standard InChI is InChI=1S/C12H22O3/c1-2-3-4-5-10-9(8-12(14)15)6-7-11(10)13/h9-11,13H,2-8H2,1H3,(H,14,15). The Bertz CT molecular complexity index is 203. The maximum Gasteiger partial charge on any atom is 0.303 e. The zero-order valence-corrected chi connectivity index (χ0v) is 9.48. The van der Waals surface area contributed by atoms with E-state index in [1.807, 2.05) is 0 Å². The van der Waals surface area contributed by atoms with Crippen LogP contribution < -0.4 is 0 Å². The lowest BCUT2D eigenvalue weighted by Gasteiger charge is -2.20. The lowest BCUT2D eigenvalue weighted by atomic mass is 9.87. The second-order valence-electron chi connectivity index (χ2n) is 4.66. The van der Waals surface area contributed by atoms with Crippen LogP contribution in [0.1, 0.15) is 51.9 Å². The molecule has 0 aliphatic heterocycles. The van der Waals surface area contributed by atoms with Crippen LogP contribution in [0.15, 0.2) is 0 Å². The highest BCUT2D eigenvalue weighted by Gasteiger charge is 2.35. The third kappa shape index (κ3) is 3.82. The number of carbonyl (C=O) groups is 1. The number of hydrogen-bond acceptors (Lipinski definition) is 2. The molecule has 0 aromatic heterocycles. The first-order chi connectivity index (χ1) is 7.15. The van der Waals surface area contributed by atoms with Crippen molar-refractivity contribution in [2.24, 2.45) is 11.8 Å². The van der Waals surface area contributed by atoms with Gasteiger partial charge in [0.15, 0.2) is 0 Å². The second-order valence-corrected chi connectivity index (χ2v) is 4.66. The average molecular weight is 214 g/mol. The molecule has 0 spiro atoms. The molecule has 2 N–H and O–H groups in total. The summed E-state index contributed by atoms with van der Waals surface area (Å²) in [5.41, 5.74) is 0. The molecule has 3 heteroatoms. The minimum atomic E-state index is -0.727. The molecule has 1 rings (SSSR count). The predicted octanol–water partition coefficient (Wildman–Crippen LogP) is 2.43. The number of aliphatic carboxylic acids is 1. The molecule has 1 fully saturated rings. The third-order valence-electron chi connectivity index (χ3n) is 3.51. The van der Waals surface area contributed by atoms with Gasteiger partial charge < -0.3 is 10.2 Å². The SMILES string of the molecule is CCCCCC1C(O)CCC1CC(=O)O. The summed E-state index contributed by atoms with van der Waals surface area (Å²) in [6.07, 6.45) is 6.11. The van der Waals surface area contributed by atoms with Crippen molar-refractivity contribution in [3.05, 3.63) is 0 Å². The number of carboxylic acids is 1. The largest absolute Gasteiger partial charge is 0.481 e. The van der Waals surface area contributed by atoms with Crippen molar-refractivity contribution < 1.29 is 15.0 Å². The van der Waals surface area contributed by atoms with Crippen LogP contribution in [0.4, 0.5) is 0 Å². The van der Waals surface area contributed by atoms with Crippen LogP contribution in [0.25, 0.3) is 0 Å². The van der Waals surface area contributed by atoms with Gasteiger partial charge in [0.1, 0.15) is 0 Å². The minimum Gasteiger partial charge on any atom is -0.481 e. The van der Waals surface area contributed by atoms with Crippen LogP contribution in [-0.4, -0.2) is 22.3 Å². The van der Waals surface area contributed by atoms with Gasteiger partial charge in [-0.05, 0) is 31.1 Å². The summed E-state index contributed by atoms with van der Waals surface area (Å²) in [5.74, 6) is -0.295. The van der Waals surface area contributed by atoms with E-state index in [0.29, 0.717) is 0 Å². The van der Waals surface area contributed by atoms with Crippen LogP contribution in [0.2, 0.25) is 0 Å². The zero-order valence-electron chi connectivity index (χ0n) is 9.48. The molecular weight excluding hydrogens is 192 g/mol. The summed E-state index contributed by atoms with van der Waals surface area (Å²) in [6.45, 7) is 2.15. The Morgan fingerprint density at radius 3 is 2.67 bits per heavy atom. The topological polar surface area (TPSA) is 57.5 Å². The van der Waals surface area contributed by atoms with Crippen LogP contribution in [-0.2, 0) is 4.79 Å². The first-order valence-corrected chi connectivity index (χ1v) is 6.05. The number of aliphatic hydroxyl groups excluding tert-OH is 1. The molecular formula is C12H22O3. The van der Waals surface area contributed by atoms with Crippen molar-refractivity contribution in [2.45, 2.75) is 58.0 Å². The van der Waals surface area contributed by atoms with Crippen LogP contribution in [0.3, 0.4) is 0 Å². The summed E-state index contributed by atoms with van der Waals surface area (Å²) < 4.78 is 0. The summed E-state index contributed by atoms with van der Waals surface area (Å²) in [7, 11) is 0. The van der Waals surface area contributed by atoms with Gasteiger partial charge in [-0.3, -0.25) is 4.79 Å². The summed E-state index contributed by atoms with van der Waals surface area (Å²) in [4.78, 5) is 10.7. The van der Waals surface area contributed by atoms with Crippen molar-refractivity contribution >= 4 is 5.97 Å². The molecule has 1 saturated carbocycles. The first kappa shape index (κ1) is 12.5. The Balaban J connectivity index is 2.38. The number of rotatable bonds is 6. The molecule has 88 valence electrons. The van der Waals surface area contributed by atoms with Gasteiger partial charge in [0.05, 0.1) is 6.10 Å². The Morgan fingerprint density at radius 1 is 1.33 bits per heavy atom. The molecule has 1 aliphatic rings. The van der Waals surface area contributed by atoms with E-state index in [2.05, 4.69) is 6.92 Å². The molecule has 0 bridgehead atoms. The van der Waals surface area contributed by atoms with Gasteiger partial charge in [0.2, 0.25) is 0 Å². The monoisotopic (exact) mass is 214 g/mol. The zero-order chi connectivity index (χ0) is 11.3. The minimum absolute atomic E-state index is 0.203. The number of unbranched alkanes of at least 4 members (excludes halogenated alkanes) is 2. The van der Waals surface area contributed by atoms with Crippen molar-refractivity contribution in [3.63, 3.8) is 0 Å². The lowest BCUT2D eigenvalue weighted by molar-refractivity contribution is -0.138. The van der Waals surface area contributed by atoms with Gasteiger partial charge >= 0.3 is 5.97 Å². The van der Waals surface area contributed by atoms with E-state index in [1.54, 1.807) is 0 Å². The highest BCUT2D eigenvalue weighted by molar-refractivity contribution is 5.67. The molecule has 3 nitrogen and oxygen atoms in total. The number of carboxylic acid groups (broad SMARTS) is 1.